The lowest BCUT2D eigenvalue weighted by atomic mass is 9.87. The first kappa shape index (κ1) is 24.1. The Labute approximate surface area is 178 Å². The van der Waals surface area contributed by atoms with Gasteiger partial charge in [0.2, 0.25) is 0 Å². The molecule has 3 atom stereocenters. The maximum Gasteiger partial charge on any atom is 0.411 e. The summed E-state index contributed by atoms with van der Waals surface area (Å²) in [6.07, 6.45) is -2.55. The fourth-order valence-electron chi connectivity index (χ4n) is 3.56. The molecule has 1 fully saturated rings. The first-order valence-corrected chi connectivity index (χ1v) is 10.2. The third-order valence-electron chi connectivity index (χ3n) is 4.93. The third kappa shape index (κ3) is 5.50. The number of carbonyl (C=O) groups excluding carboxylic acids is 2. The van der Waals surface area contributed by atoms with Crippen LogP contribution in [0.1, 0.15) is 46.6 Å². The van der Waals surface area contributed by atoms with Crippen LogP contribution < -0.4 is 0 Å². The fourth-order valence-corrected chi connectivity index (χ4v) is 3.56. The van der Waals surface area contributed by atoms with E-state index in [-0.39, 0.29) is 26.4 Å². The highest BCUT2D eigenvalue weighted by Crippen LogP contribution is 2.37. The summed E-state index contributed by atoms with van der Waals surface area (Å²) in [4.78, 5) is 27.1. The van der Waals surface area contributed by atoms with Crippen molar-refractivity contribution in [1.29, 1.82) is 0 Å². The molecule has 1 saturated heterocycles. The van der Waals surface area contributed by atoms with Gasteiger partial charge in [-0.25, -0.2) is 9.59 Å². The predicted molar refractivity (Wildman–Crippen MR) is 110 cm³/mol. The molecule has 30 heavy (non-hydrogen) atoms. The van der Waals surface area contributed by atoms with Crippen molar-refractivity contribution in [3.8, 4) is 0 Å². The molecular formula is C22H33NO7. The van der Waals surface area contributed by atoms with Crippen LogP contribution in [0.2, 0.25) is 0 Å². The van der Waals surface area contributed by atoms with Gasteiger partial charge in [0, 0.05) is 6.54 Å². The summed E-state index contributed by atoms with van der Waals surface area (Å²) in [7, 11) is 0. The standard InChI is InChI=1S/C22H33NO7/c1-6-28-19(25)22(16(2)29-15-27-14-17-10-8-7-9-11-17)18(24)12-13-23(22)20(26)30-21(3,4)5/h7-11,16,18,24H,6,12-15H2,1-5H3/t16-,18-,22+/m1/s1. The Kier molecular flexibility index (Phi) is 8.23. The zero-order valence-electron chi connectivity index (χ0n) is 18.4. The smallest absolute Gasteiger partial charge is 0.411 e. The second-order valence-corrected chi connectivity index (χ2v) is 8.24. The van der Waals surface area contributed by atoms with Crippen molar-refractivity contribution in [2.75, 3.05) is 19.9 Å². The summed E-state index contributed by atoms with van der Waals surface area (Å²) in [5.41, 5.74) is -1.49. The molecule has 0 aliphatic carbocycles. The van der Waals surface area contributed by atoms with E-state index in [9.17, 15) is 14.7 Å². The molecule has 1 aromatic rings. The van der Waals surface area contributed by atoms with E-state index in [2.05, 4.69) is 0 Å². The van der Waals surface area contributed by atoms with Gasteiger partial charge in [0.1, 0.15) is 12.4 Å². The van der Waals surface area contributed by atoms with Crippen LogP contribution >= 0.6 is 0 Å². The molecule has 0 saturated carbocycles. The Hall–Kier alpha value is -2.16. The minimum Gasteiger partial charge on any atom is -0.464 e. The molecule has 0 aromatic heterocycles. The number of carbonyl (C=O) groups is 2. The lowest BCUT2D eigenvalue weighted by molar-refractivity contribution is -0.185. The Morgan fingerprint density at radius 1 is 1.27 bits per heavy atom. The number of likely N-dealkylation sites (tertiary alicyclic amines) is 1. The predicted octanol–water partition coefficient (Wildman–Crippen LogP) is 2.87. The normalized spacial score (nSPS) is 22.6. The van der Waals surface area contributed by atoms with E-state index in [0.29, 0.717) is 6.61 Å². The van der Waals surface area contributed by atoms with Crippen molar-refractivity contribution in [2.24, 2.45) is 0 Å². The number of amides is 1. The van der Waals surface area contributed by atoms with Crippen LogP contribution in [0.5, 0.6) is 0 Å². The lowest BCUT2D eigenvalue weighted by Gasteiger charge is -2.42. The van der Waals surface area contributed by atoms with Crippen LogP contribution in [0, 0.1) is 0 Å². The van der Waals surface area contributed by atoms with Gasteiger partial charge in [-0.3, -0.25) is 4.90 Å². The minimum atomic E-state index is -1.71. The van der Waals surface area contributed by atoms with Gasteiger partial charge in [0.15, 0.2) is 5.54 Å². The highest BCUT2D eigenvalue weighted by molar-refractivity contribution is 5.88. The Morgan fingerprint density at radius 2 is 1.93 bits per heavy atom. The Balaban J connectivity index is 2.16. The van der Waals surface area contributed by atoms with Gasteiger partial charge in [-0.1, -0.05) is 30.3 Å². The topological polar surface area (TPSA) is 94.5 Å². The Bertz CT molecular complexity index is 703. The van der Waals surface area contributed by atoms with Gasteiger partial charge in [0.25, 0.3) is 0 Å². The molecule has 1 aliphatic rings. The molecule has 0 bridgehead atoms. The van der Waals surface area contributed by atoms with E-state index in [4.69, 9.17) is 18.9 Å². The molecule has 2 rings (SSSR count). The molecule has 0 unspecified atom stereocenters. The van der Waals surface area contributed by atoms with Gasteiger partial charge < -0.3 is 24.1 Å². The van der Waals surface area contributed by atoms with Crippen molar-refractivity contribution in [3.63, 3.8) is 0 Å². The van der Waals surface area contributed by atoms with E-state index < -0.39 is 35.4 Å². The summed E-state index contributed by atoms with van der Waals surface area (Å²) in [5.74, 6) is -0.726. The quantitative estimate of drug-likeness (QED) is 0.390. The molecule has 1 heterocycles. The number of aliphatic hydroxyl groups excluding tert-OH is 1. The summed E-state index contributed by atoms with van der Waals surface area (Å²) in [6.45, 7) is 8.96. The monoisotopic (exact) mass is 423 g/mol. The van der Waals surface area contributed by atoms with Gasteiger partial charge in [-0.15, -0.1) is 0 Å². The Morgan fingerprint density at radius 3 is 2.53 bits per heavy atom. The van der Waals surface area contributed by atoms with Crippen molar-refractivity contribution in [3.05, 3.63) is 35.9 Å². The van der Waals surface area contributed by atoms with Crippen molar-refractivity contribution < 1.29 is 33.6 Å². The lowest BCUT2D eigenvalue weighted by Crippen LogP contribution is -2.66. The van der Waals surface area contributed by atoms with Gasteiger partial charge >= 0.3 is 12.1 Å². The molecule has 168 valence electrons. The molecule has 1 amide bonds. The molecule has 8 nitrogen and oxygen atoms in total. The number of esters is 1. The van der Waals surface area contributed by atoms with Crippen LogP contribution in [0.15, 0.2) is 30.3 Å². The van der Waals surface area contributed by atoms with Crippen LogP contribution in [-0.4, -0.2) is 65.4 Å². The van der Waals surface area contributed by atoms with Crippen molar-refractivity contribution in [2.45, 2.75) is 71.0 Å². The van der Waals surface area contributed by atoms with E-state index >= 15 is 0 Å². The van der Waals surface area contributed by atoms with Crippen molar-refractivity contribution >= 4 is 12.1 Å². The second-order valence-electron chi connectivity index (χ2n) is 8.24. The number of rotatable bonds is 8. The number of hydrogen-bond acceptors (Lipinski definition) is 7. The van der Waals surface area contributed by atoms with E-state index in [1.807, 2.05) is 30.3 Å². The number of aliphatic hydroxyl groups is 1. The summed E-state index contributed by atoms with van der Waals surface area (Å²) < 4.78 is 22.0. The van der Waals surface area contributed by atoms with Gasteiger partial charge in [-0.2, -0.15) is 0 Å². The summed E-state index contributed by atoms with van der Waals surface area (Å²) in [6, 6.07) is 9.58. The van der Waals surface area contributed by atoms with Crippen LogP contribution in [0.25, 0.3) is 0 Å². The van der Waals surface area contributed by atoms with E-state index in [1.54, 1.807) is 34.6 Å². The first-order chi connectivity index (χ1) is 14.1. The van der Waals surface area contributed by atoms with Gasteiger partial charge in [-0.05, 0) is 46.6 Å². The number of hydrogen-bond donors (Lipinski definition) is 1. The van der Waals surface area contributed by atoms with Crippen LogP contribution in [-0.2, 0) is 30.3 Å². The molecular weight excluding hydrogens is 390 g/mol. The second kappa shape index (κ2) is 10.2. The SMILES string of the molecule is CCOC(=O)[C@]1([C@@H](C)OCOCc2ccccc2)[C@H](O)CCN1C(=O)OC(C)(C)C. The highest BCUT2D eigenvalue weighted by Gasteiger charge is 2.62. The van der Waals surface area contributed by atoms with Gasteiger partial charge in [0.05, 0.1) is 25.4 Å². The molecule has 1 aliphatic heterocycles. The number of benzene rings is 1. The minimum absolute atomic E-state index is 0.104. The molecule has 0 spiro atoms. The zero-order valence-corrected chi connectivity index (χ0v) is 18.4. The highest BCUT2D eigenvalue weighted by atomic mass is 16.7. The fraction of sp³-hybridized carbons (Fsp3) is 0.636. The van der Waals surface area contributed by atoms with E-state index in [0.717, 1.165) is 5.56 Å². The first-order valence-electron chi connectivity index (χ1n) is 10.2. The number of ether oxygens (including phenoxy) is 4. The summed E-state index contributed by atoms with van der Waals surface area (Å²) >= 11 is 0. The maximum absolute atomic E-state index is 13.0. The maximum atomic E-state index is 13.0. The molecule has 1 N–H and O–H groups in total. The average Bonchev–Trinajstić information content (AvgIpc) is 3.03. The third-order valence-corrected chi connectivity index (χ3v) is 4.93. The summed E-state index contributed by atoms with van der Waals surface area (Å²) in [5, 5.41) is 10.8. The number of nitrogens with zero attached hydrogens (tertiary/aromatic N) is 1. The van der Waals surface area contributed by atoms with Crippen LogP contribution in [0.3, 0.4) is 0 Å². The molecule has 1 aromatic carbocycles. The molecule has 8 heteroatoms. The van der Waals surface area contributed by atoms with Crippen LogP contribution in [0.4, 0.5) is 4.79 Å². The largest absolute Gasteiger partial charge is 0.464 e. The average molecular weight is 424 g/mol. The molecule has 0 radical (unpaired) electrons. The zero-order chi connectivity index (χ0) is 22.4. The van der Waals surface area contributed by atoms with Crippen molar-refractivity contribution in [1.82, 2.24) is 4.90 Å². The van der Waals surface area contributed by atoms with E-state index in [1.165, 1.54) is 4.90 Å².